The highest BCUT2D eigenvalue weighted by Gasteiger charge is 2.16. The first-order valence-corrected chi connectivity index (χ1v) is 8.42. The van der Waals surface area contributed by atoms with Gasteiger partial charge in [-0.3, -0.25) is 4.79 Å². The zero-order valence-electron chi connectivity index (χ0n) is 14.4. The Balaban J connectivity index is 1.66. The molecule has 0 bridgehead atoms. The van der Waals surface area contributed by atoms with Crippen molar-refractivity contribution in [1.29, 1.82) is 0 Å². The summed E-state index contributed by atoms with van der Waals surface area (Å²) >= 11 is 0. The molecular formula is C22H20N2O2. The molecule has 0 saturated carbocycles. The van der Waals surface area contributed by atoms with E-state index >= 15 is 0 Å². The van der Waals surface area contributed by atoms with Gasteiger partial charge in [-0.1, -0.05) is 84.0 Å². The normalized spacial score (nSPS) is 10.6. The fourth-order valence-corrected chi connectivity index (χ4v) is 2.51. The first-order valence-electron chi connectivity index (χ1n) is 8.42. The molecule has 0 heterocycles. The van der Waals surface area contributed by atoms with E-state index in [9.17, 15) is 4.79 Å². The molecule has 26 heavy (non-hydrogen) atoms. The molecule has 0 unspecified atom stereocenters. The summed E-state index contributed by atoms with van der Waals surface area (Å²) in [7, 11) is 0. The van der Waals surface area contributed by atoms with Crippen molar-refractivity contribution < 1.29 is 9.63 Å². The predicted molar refractivity (Wildman–Crippen MR) is 104 cm³/mol. The zero-order chi connectivity index (χ0) is 18.0. The summed E-state index contributed by atoms with van der Waals surface area (Å²) < 4.78 is 0. The quantitative estimate of drug-likeness (QED) is 0.474. The number of anilines is 1. The average Bonchev–Trinajstić information content (AvgIpc) is 2.71. The van der Waals surface area contributed by atoms with Gasteiger partial charge in [0.15, 0.2) is 6.61 Å². The van der Waals surface area contributed by atoms with E-state index in [1.807, 2.05) is 91.0 Å². The summed E-state index contributed by atoms with van der Waals surface area (Å²) in [6.07, 6.45) is 1.59. The maximum atomic E-state index is 12.7. The van der Waals surface area contributed by atoms with Gasteiger partial charge < -0.3 is 9.74 Å². The van der Waals surface area contributed by atoms with Crippen LogP contribution in [0.5, 0.6) is 0 Å². The Morgan fingerprint density at radius 3 is 2.08 bits per heavy atom. The number of carbonyl (C=O) groups is 1. The van der Waals surface area contributed by atoms with Crippen LogP contribution in [0.4, 0.5) is 5.69 Å². The molecule has 0 N–H and O–H groups in total. The maximum absolute atomic E-state index is 12.7. The van der Waals surface area contributed by atoms with E-state index in [4.69, 9.17) is 4.84 Å². The van der Waals surface area contributed by atoms with Crippen molar-refractivity contribution in [1.82, 2.24) is 0 Å². The second-order valence-electron chi connectivity index (χ2n) is 5.72. The van der Waals surface area contributed by atoms with Crippen LogP contribution in [0.25, 0.3) is 0 Å². The molecule has 0 aliphatic carbocycles. The molecule has 130 valence electrons. The molecule has 0 saturated heterocycles. The fourth-order valence-electron chi connectivity index (χ4n) is 2.51. The third-order valence-electron chi connectivity index (χ3n) is 3.82. The molecule has 1 amide bonds. The highest BCUT2D eigenvalue weighted by molar-refractivity contribution is 5.94. The first-order chi connectivity index (χ1) is 12.8. The molecule has 4 heteroatoms. The average molecular weight is 344 g/mol. The second-order valence-corrected chi connectivity index (χ2v) is 5.72. The number of carbonyl (C=O) groups excluding carboxylic acids is 1. The number of hydrogen-bond donors (Lipinski definition) is 0. The van der Waals surface area contributed by atoms with Crippen LogP contribution in [0.15, 0.2) is 96.2 Å². The number of amides is 1. The van der Waals surface area contributed by atoms with Crippen LogP contribution in [-0.4, -0.2) is 18.7 Å². The van der Waals surface area contributed by atoms with Gasteiger partial charge in [0.25, 0.3) is 5.91 Å². The molecule has 0 radical (unpaired) electrons. The van der Waals surface area contributed by atoms with Crippen LogP contribution in [0.1, 0.15) is 11.1 Å². The Morgan fingerprint density at radius 2 is 1.42 bits per heavy atom. The number of benzene rings is 3. The minimum atomic E-state index is -0.148. The summed E-state index contributed by atoms with van der Waals surface area (Å²) in [4.78, 5) is 19.6. The molecule has 3 rings (SSSR count). The van der Waals surface area contributed by atoms with Crippen LogP contribution in [0.3, 0.4) is 0 Å². The summed E-state index contributed by atoms with van der Waals surface area (Å²) in [5, 5.41) is 3.89. The summed E-state index contributed by atoms with van der Waals surface area (Å²) in [6, 6.07) is 29.1. The molecule has 0 aromatic heterocycles. The van der Waals surface area contributed by atoms with Crippen LogP contribution < -0.4 is 4.90 Å². The van der Waals surface area contributed by atoms with E-state index in [-0.39, 0.29) is 12.5 Å². The SMILES string of the molecule is O=C(CO/N=C\c1ccccc1)N(Cc1ccccc1)c1ccccc1. The van der Waals surface area contributed by atoms with Crippen LogP contribution in [0.2, 0.25) is 0 Å². The second kappa shape index (κ2) is 9.18. The van der Waals surface area contributed by atoms with Gasteiger partial charge >= 0.3 is 0 Å². The van der Waals surface area contributed by atoms with Crippen LogP contribution in [-0.2, 0) is 16.2 Å². The van der Waals surface area contributed by atoms with E-state index in [1.165, 1.54) is 0 Å². The maximum Gasteiger partial charge on any atom is 0.268 e. The fraction of sp³-hybridized carbons (Fsp3) is 0.0909. The van der Waals surface area contributed by atoms with E-state index in [1.54, 1.807) is 11.1 Å². The molecule has 0 atom stereocenters. The molecule has 0 spiro atoms. The smallest absolute Gasteiger partial charge is 0.268 e. The van der Waals surface area contributed by atoms with Crippen molar-refractivity contribution in [3.05, 3.63) is 102 Å². The highest BCUT2D eigenvalue weighted by atomic mass is 16.6. The minimum Gasteiger partial charge on any atom is -0.386 e. The van der Waals surface area contributed by atoms with Crippen molar-refractivity contribution in [2.75, 3.05) is 11.5 Å². The first kappa shape index (κ1) is 17.4. The lowest BCUT2D eigenvalue weighted by Crippen LogP contribution is -2.33. The minimum absolute atomic E-state index is 0.120. The van der Waals surface area contributed by atoms with Crippen molar-refractivity contribution in [3.63, 3.8) is 0 Å². The van der Waals surface area contributed by atoms with E-state index in [0.29, 0.717) is 6.54 Å². The van der Waals surface area contributed by atoms with Gasteiger partial charge in [0.1, 0.15) is 0 Å². The van der Waals surface area contributed by atoms with Crippen LogP contribution in [0, 0.1) is 0 Å². The predicted octanol–water partition coefficient (Wildman–Crippen LogP) is 4.27. The van der Waals surface area contributed by atoms with Crippen molar-refractivity contribution in [3.8, 4) is 0 Å². The van der Waals surface area contributed by atoms with Gasteiger partial charge in [0.05, 0.1) is 12.8 Å². The standard InChI is InChI=1S/C22H20N2O2/c25-22(18-26-23-16-19-10-4-1-5-11-19)24(21-14-8-3-9-15-21)17-20-12-6-2-7-13-20/h1-16H,17-18H2/b23-16-. The van der Waals surface area contributed by atoms with E-state index in [2.05, 4.69) is 5.16 Å². The molecule has 0 fully saturated rings. The van der Waals surface area contributed by atoms with E-state index in [0.717, 1.165) is 16.8 Å². The molecule has 0 aliphatic heterocycles. The van der Waals surface area contributed by atoms with Crippen molar-refractivity contribution >= 4 is 17.8 Å². The molecule has 3 aromatic carbocycles. The summed E-state index contributed by atoms with van der Waals surface area (Å²) in [5.74, 6) is -0.148. The summed E-state index contributed by atoms with van der Waals surface area (Å²) in [5.41, 5.74) is 2.80. The number of para-hydroxylation sites is 1. The van der Waals surface area contributed by atoms with Gasteiger partial charge in [0, 0.05) is 5.69 Å². The third-order valence-corrected chi connectivity index (χ3v) is 3.82. The molecule has 3 aromatic rings. The lowest BCUT2D eigenvalue weighted by atomic mass is 10.2. The Morgan fingerprint density at radius 1 is 0.846 bits per heavy atom. The van der Waals surface area contributed by atoms with E-state index < -0.39 is 0 Å². The lowest BCUT2D eigenvalue weighted by Gasteiger charge is -2.22. The Labute approximate surface area is 153 Å². The molecule has 0 aliphatic rings. The van der Waals surface area contributed by atoms with Gasteiger partial charge in [-0.25, -0.2) is 0 Å². The van der Waals surface area contributed by atoms with Crippen molar-refractivity contribution in [2.24, 2.45) is 5.16 Å². The van der Waals surface area contributed by atoms with Gasteiger partial charge in [-0.2, -0.15) is 0 Å². The van der Waals surface area contributed by atoms with Gasteiger partial charge in [0.2, 0.25) is 0 Å². The molecular weight excluding hydrogens is 324 g/mol. The van der Waals surface area contributed by atoms with Crippen LogP contribution >= 0.6 is 0 Å². The lowest BCUT2D eigenvalue weighted by molar-refractivity contribution is -0.123. The Bertz CT molecular complexity index is 834. The third kappa shape index (κ3) is 5.05. The number of oxime groups is 1. The van der Waals surface area contributed by atoms with Gasteiger partial charge in [-0.15, -0.1) is 0 Å². The number of rotatable bonds is 7. The summed E-state index contributed by atoms with van der Waals surface area (Å²) in [6.45, 7) is 0.362. The Kier molecular flexibility index (Phi) is 6.15. The van der Waals surface area contributed by atoms with Crippen molar-refractivity contribution in [2.45, 2.75) is 6.54 Å². The topological polar surface area (TPSA) is 41.9 Å². The van der Waals surface area contributed by atoms with Gasteiger partial charge in [-0.05, 0) is 23.3 Å². The molecule has 4 nitrogen and oxygen atoms in total. The zero-order valence-corrected chi connectivity index (χ0v) is 14.4. The monoisotopic (exact) mass is 344 g/mol. The highest BCUT2D eigenvalue weighted by Crippen LogP contribution is 2.17. The Hall–Kier alpha value is -3.40. The number of hydrogen-bond acceptors (Lipinski definition) is 3. The largest absolute Gasteiger partial charge is 0.386 e. The number of nitrogens with zero attached hydrogens (tertiary/aromatic N) is 2.